The number of likely N-dealkylation sites (tertiary alicyclic amines) is 1. The van der Waals surface area contributed by atoms with Crippen LogP contribution < -0.4 is 0 Å². The molecule has 19 heavy (non-hydrogen) atoms. The molecule has 2 aliphatic carbocycles. The standard InChI is InChI=1S/C17H23NO/c19-15-8-7-12-3-2-6-17(16(12)9-15)18-10-13-4-1-5-14(13)11-18/h7-9,13-14,17,19H,1-6,10-11H2. The molecule has 1 saturated heterocycles. The predicted octanol–water partition coefficient (Wildman–Crippen LogP) is 3.50. The van der Waals surface area contributed by atoms with Gasteiger partial charge in [-0.2, -0.15) is 0 Å². The van der Waals surface area contributed by atoms with E-state index in [0.717, 1.165) is 11.8 Å². The van der Waals surface area contributed by atoms with Gasteiger partial charge in [0.25, 0.3) is 0 Å². The van der Waals surface area contributed by atoms with E-state index in [4.69, 9.17) is 0 Å². The molecule has 3 aliphatic rings. The Morgan fingerprint density at radius 3 is 2.58 bits per heavy atom. The number of phenols is 1. The lowest BCUT2D eigenvalue weighted by atomic mass is 9.86. The highest BCUT2D eigenvalue weighted by Gasteiger charge is 2.39. The number of hydrogen-bond acceptors (Lipinski definition) is 2. The van der Waals surface area contributed by atoms with Gasteiger partial charge in [0, 0.05) is 19.1 Å². The summed E-state index contributed by atoms with van der Waals surface area (Å²) >= 11 is 0. The van der Waals surface area contributed by atoms with Crippen molar-refractivity contribution in [3.63, 3.8) is 0 Å². The van der Waals surface area contributed by atoms with Crippen LogP contribution in [-0.4, -0.2) is 23.1 Å². The van der Waals surface area contributed by atoms with Crippen LogP contribution in [0.5, 0.6) is 5.75 Å². The number of fused-ring (bicyclic) bond motifs is 2. The van der Waals surface area contributed by atoms with Crippen molar-refractivity contribution in [1.29, 1.82) is 0 Å². The normalized spacial score (nSPS) is 34.2. The summed E-state index contributed by atoms with van der Waals surface area (Å²) in [6, 6.07) is 6.57. The van der Waals surface area contributed by atoms with Crippen LogP contribution in [0.1, 0.15) is 49.3 Å². The number of nitrogens with zero attached hydrogens (tertiary/aromatic N) is 1. The first kappa shape index (κ1) is 11.8. The van der Waals surface area contributed by atoms with Crippen molar-refractivity contribution in [2.75, 3.05) is 13.1 Å². The summed E-state index contributed by atoms with van der Waals surface area (Å²) in [5.41, 5.74) is 2.87. The fourth-order valence-electron chi connectivity index (χ4n) is 4.67. The number of aromatic hydroxyl groups is 1. The highest BCUT2D eigenvalue weighted by Crippen LogP contribution is 2.44. The molecule has 1 N–H and O–H groups in total. The number of benzene rings is 1. The van der Waals surface area contributed by atoms with Crippen LogP contribution in [0.4, 0.5) is 0 Å². The van der Waals surface area contributed by atoms with Gasteiger partial charge in [-0.1, -0.05) is 12.5 Å². The quantitative estimate of drug-likeness (QED) is 0.832. The molecule has 1 aromatic rings. The van der Waals surface area contributed by atoms with Crippen molar-refractivity contribution in [1.82, 2.24) is 4.90 Å². The molecule has 3 atom stereocenters. The van der Waals surface area contributed by atoms with Gasteiger partial charge in [0.1, 0.15) is 5.75 Å². The van der Waals surface area contributed by atoms with Gasteiger partial charge in [0.05, 0.1) is 0 Å². The van der Waals surface area contributed by atoms with Gasteiger partial charge in [0.2, 0.25) is 0 Å². The Bertz CT molecular complexity index is 472. The maximum Gasteiger partial charge on any atom is 0.115 e. The van der Waals surface area contributed by atoms with Gasteiger partial charge in [-0.25, -0.2) is 0 Å². The van der Waals surface area contributed by atoms with Gasteiger partial charge in [-0.05, 0) is 67.2 Å². The average Bonchev–Trinajstić information content (AvgIpc) is 2.98. The molecule has 1 heterocycles. The molecule has 0 radical (unpaired) electrons. The van der Waals surface area contributed by atoms with E-state index >= 15 is 0 Å². The first-order valence-corrected chi connectivity index (χ1v) is 7.87. The fraction of sp³-hybridized carbons (Fsp3) is 0.647. The zero-order chi connectivity index (χ0) is 12.8. The van der Waals surface area contributed by atoms with Crippen molar-refractivity contribution >= 4 is 0 Å². The van der Waals surface area contributed by atoms with E-state index in [1.807, 2.05) is 12.1 Å². The number of aryl methyl sites for hydroxylation is 1. The Balaban J connectivity index is 1.61. The maximum absolute atomic E-state index is 9.79. The van der Waals surface area contributed by atoms with E-state index < -0.39 is 0 Å². The van der Waals surface area contributed by atoms with Crippen LogP contribution in [0.25, 0.3) is 0 Å². The maximum atomic E-state index is 9.79. The summed E-state index contributed by atoms with van der Waals surface area (Å²) in [6.07, 6.45) is 8.10. The molecular formula is C17H23NO. The van der Waals surface area contributed by atoms with Gasteiger partial charge in [0.15, 0.2) is 0 Å². The van der Waals surface area contributed by atoms with E-state index in [2.05, 4.69) is 11.0 Å². The Hall–Kier alpha value is -1.02. The molecule has 3 unspecified atom stereocenters. The molecule has 2 nitrogen and oxygen atoms in total. The van der Waals surface area contributed by atoms with Crippen LogP contribution >= 0.6 is 0 Å². The SMILES string of the molecule is Oc1ccc2c(c1)C(N1CC3CCCC3C1)CCC2. The summed E-state index contributed by atoms with van der Waals surface area (Å²) in [7, 11) is 0. The molecule has 1 aromatic carbocycles. The molecule has 2 heteroatoms. The van der Waals surface area contributed by atoms with Gasteiger partial charge < -0.3 is 5.11 Å². The summed E-state index contributed by atoms with van der Waals surface area (Å²) in [5, 5.41) is 9.79. The third kappa shape index (κ3) is 1.97. The van der Waals surface area contributed by atoms with Crippen LogP contribution in [0.2, 0.25) is 0 Å². The molecule has 2 fully saturated rings. The van der Waals surface area contributed by atoms with Crippen molar-refractivity contribution in [3.05, 3.63) is 29.3 Å². The predicted molar refractivity (Wildman–Crippen MR) is 76.2 cm³/mol. The lowest BCUT2D eigenvalue weighted by Gasteiger charge is -2.33. The lowest BCUT2D eigenvalue weighted by molar-refractivity contribution is 0.205. The topological polar surface area (TPSA) is 23.5 Å². The van der Waals surface area contributed by atoms with Crippen LogP contribution in [0.3, 0.4) is 0 Å². The molecule has 1 saturated carbocycles. The van der Waals surface area contributed by atoms with Crippen molar-refractivity contribution in [2.45, 2.75) is 44.6 Å². The van der Waals surface area contributed by atoms with Crippen LogP contribution in [0.15, 0.2) is 18.2 Å². The van der Waals surface area contributed by atoms with E-state index in [0.29, 0.717) is 11.8 Å². The molecule has 0 bridgehead atoms. The lowest BCUT2D eigenvalue weighted by Crippen LogP contribution is -2.30. The average molecular weight is 257 g/mol. The largest absolute Gasteiger partial charge is 0.508 e. The first-order valence-electron chi connectivity index (χ1n) is 7.87. The second-order valence-corrected chi connectivity index (χ2v) is 6.70. The minimum Gasteiger partial charge on any atom is -0.508 e. The van der Waals surface area contributed by atoms with E-state index in [1.54, 1.807) is 0 Å². The number of rotatable bonds is 1. The molecule has 0 spiro atoms. The zero-order valence-corrected chi connectivity index (χ0v) is 11.5. The number of hydrogen-bond donors (Lipinski definition) is 1. The van der Waals surface area contributed by atoms with Crippen molar-refractivity contribution < 1.29 is 5.11 Å². The van der Waals surface area contributed by atoms with Gasteiger partial charge in [-0.15, -0.1) is 0 Å². The number of phenolic OH excluding ortho intramolecular Hbond substituents is 1. The van der Waals surface area contributed by atoms with Crippen molar-refractivity contribution in [3.8, 4) is 5.75 Å². The Morgan fingerprint density at radius 1 is 1.00 bits per heavy atom. The minimum absolute atomic E-state index is 0.435. The van der Waals surface area contributed by atoms with Gasteiger partial charge >= 0.3 is 0 Å². The molecule has 0 amide bonds. The summed E-state index contributed by atoms with van der Waals surface area (Å²) in [4.78, 5) is 2.71. The second kappa shape index (κ2) is 4.52. The van der Waals surface area contributed by atoms with E-state index in [9.17, 15) is 5.11 Å². The monoisotopic (exact) mass is 257 g/mol. The highest BCUT2D eigenvalue weighted by molar-refractivity contribution is 5.38. The minimum atomic E-state index is 0.435. The molecule has 1 aliphatic heterocycles. The third-order valence-corrected chi connectivity index (χ3v) is 5.61. The van der Waals surface area contributed by atoms with E-state index in [-0.39, 0.29) is 0 Å². The highest BCUT2D eigenvalue weighted by atomic mass is 16.3. The summed E-state index contributed by atoms with van der Waals surface area (Å²) in [5.74, 6) is 2.36. The molecule has 0 aromatic heterocycles. The molecule has 4 rings (SSSR count). The van der Waals surface area contributed by atoms with Crippen LogP contribution in [-0.2, 0) is 6.42 Å². The Labute approximate surface area is 115 Å². The second-order valence-electron chi connectivity index (χ2n) is 6.70. The Morgan fingerprint density at radius 2 is 1.79 bits per heavy atom. The summed E-state index contributed by atoms with van der Waals surface area (Å²) < 4.78 is 0. The molecule has 102 valence electrons. The van der Waals surface area contributed by atoms with Crippen molar-refractivity contribution in [2.24, 2.45) is 11.8 Å². The summed E-state index contributed by atoms with van der Waals surface area (Å²) in [6.45, 7) is 2.59. The smallest absolute Gasteiger partial charge is 0.115 e. The third-order valence-electron chi connectivity index (χ3n) is 5.61. The van der Waals surface area contributed by atoms with E-state index in [1.165, 1.54) is 62.7 Å². The first-order chi connectivity index (χ1) is 9.31. The van der Waals surface area contributed by atoms with Crippen LogP contribution in [0, 0.1) is 11.8 Å². The zero-order valence-electron chi connectivity index (χ0n) is 11.5. The molecular weight excluding hydrogens is 234 g/mol. The Kier molecular flexibility index (Phi) is 2.80. The fourth-order valence-corrected chi connectivity index (χ4v) is 4.67. The van der Waals surface area contributed by atoms with Gasteiger partial charge in [-0.3, -0.25) is 4.90 Å².